The van der Waals surface area contributed by atoms with Gasteiger partial charge in [-0.25, -0.2) is 4.98 Å². The maximum absolute atomic E-state index is 7.03. The Balaban J connectivity index is 0.880. The summed E-state index contributed by atoms with van der Waals surface area (Å²) in [4.78, 5) is 14.6. The average molecular weight is 979 g/mol. The number of pyridine rings is 2. The summed E-state index contributed by atoms with van der Waals surface area (Å²) in [5.41, 5.74) is 20.6. The fraction of sp³-hybridized carbons (Fsp3) is 0.0725. The summed E-state index contributed by atoms with van der Waals surface area (Å²) in [6, 6.07) is 78.7. The molecule has 0 fully saturated rings. The molecule has 7 nitrogen and oxygen atoms in total. The van der Waals surface area contributed by atoms with Gasteiger partial charge >= 0.3 is 0 Å². The Kier molecular flexibility index (Phi) is 9.75. The van der Waals surface area contributed by atoms with Crippen molar-refractivity contribution in [3.8, 4) is 67.5 Å². The Hall–Kier alpha value is -9.72. The molecule has 0 spiro atoms. The third-order valence-corrected chi connectivity index (χ3v) is 15.6. The summed E-state index contributed by atoms with van der Waals surface area (Å²) in [5.74, 6) is 2.34. The van der Waals surface area contributed by atoms with Gasteiger partial charge in [-0.15, -0.1) is 0 Å². The van der Waals surface area contributed by atoms with Crippen LogP contribution >= 0.6 is 0 Å². The van der Waals surface area contributed by atoms with Crippen LogP contribution in [0.15, 0.2) is 237 Å². The zero-order valence-corrected chi connectivity index (χ0v) is 42.3. The zero-order valence-electron chi connectivity index (χ0n) is 42.3. The van der Waals surface area contributed by atoms with Crippen molar-refractivity contribution < 1.29 is 4.74 Å². The van der Waals surface area contributed by atoms with Crippen LogP contribution in [-0.2, 0) is 5.41 Å². The molecule has 0 amide bonds. The maximum Gasteiger partial charge on any atom is 0.137 e. The third kappa shape index (κ3) is 6.75. The molecule has 0 atom stereocenters. The Morgan fingerprint density at radius 3 is 1.89 bits per heavy atom. The lowest BCUT2D eigenvalue weighted by Crippen LogP contribution is -2.24. The number of rotatable bonds is 7. The number of anilines is 4. The summed E-state index contributed by atoms with van der Waals surface area (Å²) in [5, 5.41) is 4.61. The highest BCUT2D eigenvalue weighted by atomic mass is 16.5. The van der Waals surface area contributed by atoms with Gasteiger partial charge in [-0.3, -0.25) is 9.55 Å². The van der Waals surface area contributed by atoms with Gasteiger partial charge in [0.1, 0.15) is 24.0 Å². The standard InChI is InChI=1S/C69H50N6O/c1-69(2,3)46-35-38-71-64(39-46)74-61-33-34-62-65(53-24-11-10-23-52(53)54-27-16-28-55-57-42-70-37-36-58(57)75(62)68(54)55)66(61)56-32-31-49(41-63(56)74)76-48-22-14-21-47(40-48)72-43-73(60-30-13-12-29-59(60)72)67-50(44-17-6-4-7-18-44)25-15-26-51(67)45-19-8-5-9-20-45/h4-42H,43H2,1-3H3. The van der Waals surface area contributed by atoms with Crippen LogP contribution in [0, 0.1) is 0 Å². The summed E-state index contributed by atoms with van der Waals surface area (Å²) < 4.78 is 11.8. The van der Waals surface area contributed by atoms with Crippen LogP contribution in [0.4, 0.5) is 22.7 Å². The molecule has 6 heterocycles. The van der Waals surface area contributed by atoms with Crippen molar-refractivity contribution >= 4 is 66.4 Å². The number of benzene rings is 9. The SMILES string of the molecule is CC(C)(C)c1ccnc(-n2c3cc(Oc4cccc(N5CN(c6c(-c7ccccc7)cccc6-c6ccccc6)c6ccccc65)c4)ccc3c3c4c(ccc32)-n2c3ccncc3c3cccc(c32)-c2ccccc2-4)c1. The van der Waals surface area contributed by atoms with Crippen molar-refractivity contribution in [1.29, 1.82) is 0 Å². The highest BCUT2D eigenvalue weighted by Crippen LogP contribution is 2.53. The van der Waals surface area contributed by atoms with Crippen molar-refractivity contribution in [2.75, 3.05) is 16.5 Å². The number of aromatic nitrogens is 4. The van der Waals surface area contributed by atoms with Crippen molar-refractivity contribution in [1.82, 2.24) is 19.1 Å². The number of fused-ring (bicyclic) bond motifs is 13. The molecule has 0 saturated carbocycles. The predicted molar refractivity (Wildman–Crippen MR) is 313 cm³/mol. The lowest BCUT2D eigenvalue weighted by molar-refractivity contribution is 0.483. The molecular weight excluding hydrogens is 929 g/mol. The molecule has 15 rings (SSSR count). The van der Waals surface area contributed by atoms with E-state index >= 15 is 0 Å². The van der Waals surface area contributed by atoms with Crippen molar-refractivity contribution in [3.05, 3.63) is 243 Å². The second kappa shape index (κ2) is 16.9. The number of ether oxygens (including phenoxy) is 1. The lowest BCUT2D eigenvalue weighted by Gasteiger charge is -2.27. The molecule has 0 unspecified atom stereocenters. The summed E-state index contributed by atoms with van der Waals surface area (Å²) in [7, 11) is 0. The van der Waals surface area contributed by atoms with Gasteiger partial charge in [0.15, 0.2) is 0 Å². The first-order valence-electron chi connectivity index (χ1n) is 26.1. The Bertz CT molecular complexity index is 4410. The van der Waals surface area contributed by atoms with E-state index in [4.69, 9.17) is 9.72 Å². The molecule has 2 aliphatic heterocycles. The van der Waals surface area contributed by atoms with Crippen LogP contribution in [0.25, 0.3) is 99.6 Å². The summed E-state index contributed by atoms with van der Waals surface area (Å²) in [6.07, 6.45) is 5.86. The zero-order chi connectivity index (χ0) is 50.6. The minimum absolute atomic E-state index is 0.0877. The Labute approximate surface area is 440 Å². The predicted octanol–water partition coefficient (Wildman–Crippen LogP) is 18.0. The van der Waals surface area contributed by atoms with Crippen molar-refractivity contribution in [2.45, 2.75) is 26.2 Å². The smallest absolute Gasteiger partial charge is 0.137 e. The van der Waals surface area contributed by atoms with E-state index in [-0.39, 0.29) is 5.41 Å². The average Bonchev–Trinajstić information content (AvgIpc) is 4.32. The van der Waals surface area contributed by atoms with E-state index in [1.54, 1.807) is 0 Å². The summed E-state index contributed by atoms with van der Waals surface area (Å²) >= 11 is 0. The second-order valence-electron chi connectivity index (χ2n) is 21.0. The molecule has 13 aromatic rings. The lowest BCUT2D eigenvalue weighted by atomic mass is 9.88. The minimum Gasteiger partial charge on any atom is -0.457 e. The molecule has 7 heteroatoms. The molecular formula is C69H50N6O. The third-order valence-electron chi connectivity index (χ3n) is 15.6. The maximum atomic E-state index is 7.03. The van der Waals surface area contributed by atoms with E-state index in [2.05, 4.69) is 263 Å². The summed E-state index contributed by atoms with van der Waals surface area (Å²) in [6.45, 7) is 7.38. The van der Waals surface area contributed by atoms with Gasteiger partial charge in [-0.2, -0.15) is 0 Å². The van der Waals surface area contributed by atoms with Crippen LogP contribution in [-0.4, -0.2) is 25.8 Å². The topological polar surface area (TPSA) is 51.4 Å². The molecule has 2 aliphatic rings. The van der Waals surface area contributed by atoms with Gasteiger partial charge in [0, 0.05) is 80.2 Å². The van der Waals surface area contributed by atoms with Gasteiger partial charge in [0.2, 0.25) is 0 Å². The van der Waals surface area contributed by atoms with Crippen molar-refractivity contribution in [2.24, 2.45) is 0 Å². The fourth-order valence-electron chi connectivity index (χ4n) is 12.2. The first-order chi connectivity index (χ1) is 37.4. The monoisotopic (exact) mass is 978 g/mol. The van der Waals surface area contributed by atoms with Gasteiger partial charge in [0.05, 0.1) is 44.8 Å². The van der Waals surface area contributed by atoms with Gasteiger partial charge in [0.25, 0.3) is 0 Å². The van der Waals surface area contributed by atoms with Gasteiger partial charge < -0.3 is 19.1 Å². The molecule has 0 aliphatic carbocycles. The van der Waals surface area contributed by atoms with Gasteiger partial charge in [-0.1, -0.05) is 160 Å². The van der Waals surface area contributed by atoms with Crippen molar-refractivity contribution in [3.63, 3.8) is 0 Å². The van der Waals surface area contributed by atoms with Crippen LogP contribution < -0.4 is 14.5 Å². The molecule has 0 bridgehead atoms. The molecule has 4 aromatic heterocycles. The highest BCUT2D eigenvalue weighted by Gasteiger charge is 2.33. The number of nitrogens with zero attached hydrogens (tertiary/aromatic N) is 6. The first-order valence-corrected chi connectivity index (χ1v) is 26.1. The molecule has 0 N–H and O–H groups in total. The molecule has 76 heavy (non-hydrogen) atoms. The molecule has 9 aromatic carbocycles. The number of hydrogen-bond acceptors (Lipinski definition) is 5. The minimum atomic E-state index is -0.0877. The van der Waals surface area contributed by atoms with E-state index in [1.807, 2.05) is 18.6 Å². The largest absolute Gasteiger partial charge is 0.457 e. The molecule has 0 radical (unpaired) electrons. The van der Waals surface area contributed by atoms with E-state index in [0.29, 0.717) is 6.67 Å². The molecule has 0 saturated heterocycles. The van der Waals surface area contributed by atoms with Gasteiger partial charge in [-0.05, 0) is 100.0 Å². The molecule has 362 valence electrons. The Morgan fingerprint density at radius 2 is 1.12 bits per heavy atom. The van der Waals surface area contributed by atoms with Crippen LogP contribution in [0.1, 0.15) is 26.3 Å². The van der Waals surface area contributed by atoms with E-state index < -0.39 is 0 Å². The van der Waals surface area contributed by atoms with Crippen LogP contribution in [0.2, 0.25) is 0 Å². The Morgan fingerprint density at radius 1 is 0.447 bits per heavy atom. The second-order valence-corrected chi connectivity index (χ2v) is 21.0. The quantitative estimate of drug-likeness (QED) is 0.159. The van der Waals surface area contributed by atoms with E-state index in [0.717, 1.165) is 72.8 Å². The van der Waals surface area contributed by atoms with Crippen LogP contribution in [0.3, 0.4) is 0 Å². The first kappa shape index (κ1) is 43.8. The fourth-order valence-corrected chi connectivity index (χ4v) is 12.2. The number of hydrogen-bond donors (Lipinski definition) is 0. The van der Waals surface area contributed by atoms with E-state index in [9.17, 15) is 0 Å². The normalized spacial score (nSPS) is 12.8. The highest BCUT2D eigenvalue weighted by molar-refractivity contribution is 6.23. The number of para-hydroxylation sites is 4. The van der Waals surface area contributed by atoms with E-state index in [1.165, 1.54) is 66.7 Å². The van der Waals surface area contributed by atoms with Crippen LogP contribution in [0.5, 0.6) is 11.5 Å².